The first-order valence-corrected chi connectivity index (χ1v) is 13.9. The molecule has 40 heavy (non-hydrogen) atoms. The molecule has 3 aromatic carbocycles. The molecule has 2 N–H and O–H groups in total. The molecule has 0 spiro atoms. The lowest BCUT2D eigenvalue weighted by atomic mass is 9.84. The summed E-state index contributed by atoms with van der Waals surface area (Å²) < 4.78 is 0. The lowest BCUT2D eigenvalue weighted by molar-refractivity contribution is -0.136. The summed E-state index contributed by atoms with van der Waals surface area (Å²) in [6.45, 7) is -0.0129. The summed E-state index contributed by atoms with van der Waals surface area (Å²) >= 11 is 12.4. The quantitative estimate of drug-likeness (QED) is 0.193. The van der Waals surface area contributed by atoms with Gasteiger partial charge in [-0.25, -0.2) is 0 Å². The minimum Gasteiger partial charge on any atom is -0.481 e. The number of allylic oxidation sites excluding steroid dienone is 2. The maximum Gasteiger partial charge on any atom is 0.305 e. The van der Waals surface area contributed by atoms with Crippen molar-refractivity contribution in [3.05, 3.63) is 111 Å². The zero-order valence-corrected chi connectivity index (χ0v) is 23.3. The van der Waals surface area contributed by atoms with Gasteiger partial charge in [0.15, 0.2) is 11.6 Å². The third kappa shape index (κ3) is 7.68. The second kappa shape index (κ2) is 13.6. The highest BCUT2D eigenvalue weighted by Crippen LogP contribution is 2.33. The molecule has 3 aromatic rings. The van der Waals surface area contributed by atoms with Crippen molar-refractivity contribution >= 4 is 52.2 Å². The molecule has 0 atom stereocenters. The fraction of sp³-hybridized carbons (Fsp3) is 0.250. The summed E-state index contributed by atoms with van der Waals surface area (Å²) in [7, 11) is 0. The van der Waals surface area contributed by atoms with Crippen LogP contribution in [0, 0.1) is 0 Å². The number of hydrogen-bond donors (Lipinski definition) is 2. The third-order valence-corrected chi connectivity index (χ3v) is 7.44. The number of ketones is 2. The second-order valence-corrected chi connectivity index (χ2v) is 10.7. The highest BCUT2D eigenvalue weighted by Gasteiger charge is 2.20. The van der Waals surface area contributed by atoms with Crippen LogP contribution >= 0.6 is 23.2 Å². The van der Waals surface area contributed by atoms with Gasteiger partial charge in [0, 0.05) is 38.9 Å². The summed E-state index contributed by atoms with van der Waals surface area (Å²) in [6.07, 6.45) is 7.12. The van der Waals surface area contributed by atoms with Crippen LogP contribution in [0.1, 0.15) is 86.6 Å². The van der Waals surface area contributed by atoms with Gasteiger partial charge in [-0.1, -0.05) is 78.9 Å². The normalized spacial score (nSPS) is 14.0. The second-order valence-electron chi connectivity index (χ2n) is 9.84. The Morgan fingerprint density at radius 1 is 0.775 bits per heavy atom. The fourth-order valence-corrected chi connectivity index (χ4v) is 5.40. The van der Waals surface area contributed by atoms with Gasteiger partial charge < -0.3 is 10.4 Å². The van der Waals surface area contributed by atoms with Crippen molar-refractivity contribution in [1.29, 1.82) is 0 Å². The summed E-state index contributed by atoms with van der Waals surface area (Å²) in [4.78, 5) is 49.9. The number of halogens is 2. The Balaban J connectivity index is 1.60. The van der Waals surface area contributed by atoms with Crippen molar-refractivity contribution in [2.24, 2.45) is 0 Å². The molecule has 8 heteroatoms. The molecule has 0 aromatic heterocycles. The molecule has 0 bridgehead atoms. The number of aliphatic carboxylic acids is 1. The van der Waals surface area contributed by atoms with Crippen molar-refractivity contribution in [2.45, 2.75) is 44.4 Å². The highest BCUT2D eigenvalue weighted by molar-refractivity contribution is 6.37. The smallest absolute Gasteiger partial charge is 0.305 e. The fourth-order valence-electron chi connectivity index (χ4n) is 4.87. The molecule has 1 fully saturated rings. The zero-order valence-electron chi connectivity index (χ0n) is 21.8. The van der Waals surface area contributed by atoms with E-state index in [-0.39, 0.29) is 35.4 Å². The van der Waals surface area contributed by atoms with Gasteiger partial charge in [0.05, 0.1) is 6.42 Å². The monoisotopic (exact) mass is 577 g/mol. The van der Waals surface area contributed by atoms with Crippen molar-refractivity contribution in [3.8, 4) is 0 Å². The molecule has 1 saturated carbocycles. The molecule has 1 aliphatic rings. The van der Waals surface area contributed by atoms with Crippen LogP contribution in [0.2, 0.25) is 10.0 Å². The van der Waals surface area contributed by atoms with E-state index in [0.717, 1.165) is 12.8 Å². The van der Waals surface area contributed by atoms with E-state index in [9.17, 15) is 19.2 Å². The van der Waals surface area contributed by atoms with E-state index >= 15 is 0 Å². The molecule has 0 unspecified atom stereocenters. The van der Waals surface area contributed by atoms with E-state index < -0.39 is 17.7 Å². The Morgan fingerprint density at radius 3 is 1.95 bits per heavy atom. The first kappa shape index (κ1) is 29.2. The molecule has 1 aliphatic carbocycles. The molecule has 6 nitrogen and oxygen atoms in total. The van der Waals surface area contributed by atoms with Crippen molar-refractivity contribution in [3.63, 3.8) is 0 Å². The molecule has 206 valence electrons. The molecule has 0 radical (unpaired) electrons. The zero-order chi connectivity index (χ0) is 28.6. The molecule has 4 rings (SSSR count). The van der Waals surface area contributed by atoms with E-state index in [2.05, 4.69) is 5.32 Å². The average molecular weight is 578 g/mol. The SMILES string of the molecule is O=C(O)CCNC(=O)c1ccc(C(=O)C(=CC(=O)c2ccc(C3CCCCC3)cc2)c2cc(Cl)cc(Cl)c2)cc1. The molecule has 1 amide bonds. The summed E-state index contributed by atoms with van der Waals surface area (Å²) in [6, 6.07) is 18.2. The van der Waals surface area contributed by atoms with Crippen LogP contribution in [0.15, 0.2) is 72.8 Å². The number of carbonyl (C=O) groups excluding carboxylic acids is 3. The van der Waals surface area contributed by atoms with Crippen molar-refractivity contribution in [1.82, 2.24) is 5.32 Å². The minimum absolute atomic E-state index is 0.0129. The van der Waals surface area contributed by atoms with E-state index in [4.69, 9.17) is 28.3 Å². The Hall–Kier alpha value is -3.74. The molecule has 0 saturated heterocycles. The first-order valence-electron chi connectivity index (χ1n) is 13.2. The Bertz CT molecular complexity index is 1420. The van der Waals surface area contributed by atoms with Gasteiger partial charge >= 0.3 is 5.97 Å². The maximum absolute atomic E-state index is 13.7. The van der Waals surface area contributed by atoms with Gasteiger partial charge in [0.25, 0.3) is 5.91 Å². The Morgan fingerprint density at radius 2 is 1.35 bits per heavy atom. The summed E-state index contributed by atoms with van der Waals surface area (Å²) in [5, 5.41) is 11.9. The molecular formula is C32H29Cl2NO5. The lowest BCUT2D eigenvalue weighted by Crippen LogP contribution is -2.26. The number of amides is 1. The van der Waals surface area contributed by atoms with Crippen molar-refractivity contribution in [2.75, 3.05) is 6.54 Å². The number of benzene rings is 3. The van der Waals surface area contributed by atoms with Crippen LogP contribution in [0.3, 0.4) is 0 Å². The van der Waals surface area contributed by atoms with Crippen LogP contribution in [0.5, 0.6) is 0 Å². The van der Waals surface area contributed by atoms with Crippen LogP contribution in [0.25, 0.3) is 5.57 Å². The third-order valence-electron chi connectivity index (χ3n) is 7.00. The molecule has 0 heterocycles. The van der Waals surface area contributed by atoms with Gasteiger partial charge in [-0.05, 0) is 66.3 Å². The van der Waals surface area contributed by atoms with Gasteiger partial charge in [-0.2, -0.15) is 0 Å². The number of carboxylic acids is 1. The average Bonchev–Trinajstić information content (AvgIpc) is 2.95. The van der Waals surface area contributed by atoms with Crippen LogP contribution in [0.4, 0.5) is 0 Å². The number of carbonyl (C=O) groups is 4. The van der Waals surface area contributed by atoms with Gasteiger partial charge in [0.2, 0.25) is 0 Å². The van der Waals surface area contributed by atoms with E-state index in [1.54, 1.807) is 24.3 Å². The first-order chi connectivity index (χ1) is 19.2. The summed E-state index contributed by atoms with van der Waals surface area (Å²) in [5.41, 5.74) is 2.73. The number of hydrogen-bond acceptors (Lipinski definition) is 4. The number of Topliss-reactive ketones (excluding diaryl/α,β-unsaturated/α-hetero) is 1. The standard InChI is InChI=1S/C32H29Cl2NO5/c33-26-16-25(17-27(34)18-26)28(19-29(36)22-8-6-21(7-9-22)20-4-2-1-3-5-20)31(39)23-10-12-24(13-11-23)32(40)35-15-14-30(37)38/h6-13,16-20H,1-5,14-15H2,(H,35,40)(H,37,38). The van der Waals surface area contributed by atoms with Gasteiger partial charge in [0.1, 0.15) is 0 Å². The van der Waals surface area contributed by atoms with E-state index in [1.807, 2.05) is 12.1 Å². The Labute approximate surface area is 243 Å². The maximum atomic E-state index is 13.7. The van der Waals surface area contributed by atoms with Crippen LogP contribution in [-0.2, 0) is 4.79 Å². The topological polar surface area (TPSA) is 101 Å². The van der Waals surface area contributed by atoms with Crippen LogP contribution in [-0.4, -0.2) is 35.1 Å². The number of nitrogens with one attached hydrogen (secondary N) is 1. The van der Waals surface area contributed by atoms with E-state index in [1.165, 1.54) is 61.2 Å². The Kier molecular flexibility index (Phi) is 9.91. The predicted octanol–water partition coefficient (Wildman–Crippen LogP) is 7.39. The molecule has 0 aliphatic heterocycles. The summed E-state index contributed by atoms with van der Waals surface area (Å²) in [5.74, 6) is -1.73. The lowest BCUT2D eigenvalue weighted by Gasteiger charge is -2.22. The molecular weight excluding hydrogens is 549 g/mol. The number of carboxylic acid groups (broad SMARTS) is 1. The largest absolute Gasteiger partial charge is 0.481 e. The number of rotatable bonds is 10. The highest BCUT2D eigenvalue weighted by atomic mass is 35.5. The van der Waals surface area contributed by atoms with Gasteiger partial charge in [-0.15, -0.1) is 0 Å². The van der Waals surface area contributed by atoms with E-state index in [0.29, 0.717) is 27.1 Å². The van der Waals surface area contributed by atoms with Gasteiger partial charge in [-0.3, -0.25) is 19.2 Å². The van der Waals surface area contributed by atoms with Crippen molar-refractivity contribution < 1.29 is 24.3 Å². The van der Waals surface area contributed by atoms with Crippen LogP contribution < -0.4 is 5.32 Å². The minimum atomic E-state index is -1.02. The predicted molar refractivity (Wildman–Crippen MR) is 156 cm³/mol.